The number of hydrogen-bond donors (Lipinski definition) is 5. The van der Waals surface area contributed by atoms with E-state index >= 15 is 0 Å². The molecule has 0 saturated carbocycles. The average molecular weight is 605 g/mol. The molecule has 0 aliphatic carbocycles. The van der Waals surface area contributed by atoms with E-state index in [1.165, 1.54) is 7.11 Å². The van der Waals surface area contributed by atoms with Crippen molar-refractivity contribution in [2.45, 2.75) is 44.0 Å². The predicted octanol–water partition coefficient (Wildman–Crippen LogP) is 1.81. The predicted molar refractivity (Wildman–Crippen MR) is 156 cm³/mol. The van der Waals surface area contributed by atoms with Crippen LogP contribution in [0, 0.1) is 0 Å². The Hall–Kier alpha value is -5.59. The molecule has 3 aromatic carbocycles. The van der Waals surface area contributed by atoms with Crippen molar-refractivity contribution in [2.75, 3.05) is 7.11 Å². The van der Waals surface area contributed by atoms with Gasteiger partial charge in [-0.05, 0) is 41.0 Å². The topological polar surface area (TPSA) is 195 Å². The second kappa shape index (κ2) is 14.5. The van der Waals surface area contributed by atoms with Gasteiger partial charge in [0.1, 0.15) is 30.5 Å². The molecule has 13 nitrogen and oxygen atoms in total. The molecule has 4 bridgehead atoms. The van der Waals surface area contributed by atoms with Crippen LogP contribution in [-0.2, 0) is 43.4 Å². The summed E-state index contributed by atoms with van der Waals surface area (Å²) in [6.07, 6.45) is -1.72. The molecule has 230 valence electrons. The van der Waals surface area contributed by atoms with Crippen LogP contribution in [0.25, 0.3) is 0 Å². The van der Waals surface area contributed by atoms with Gasteiger partial charge in [0.15, 0.2) is 11.5 Å². The Kier molecular flexibility index (Phi) is 10.4. The third-order valence-electron chi connectivity index (χ3n) is 6.73. The van der Waals surface area contributed by atoms with Gasteiger partial charge in [0.2, 0.25) is 17.7 Å². The minimum Gasteiger partial charge on any atom is -0.493 e. The third-order valence-corrected chi connectivity index (χ3v) is 6.73. The second-order valence-electron chi connectivity index (χ2n) is 10.0. The highest BCUT2D eigenvalue weighted by Crippen LogP contribution is 2.33. The Morgan fingerprint density at radius 2 is 1.66 bits per heavy atom. The van der Waals surface area contributed by atoms with Crippen LogP contribution in [-0.4, -0.2) is 60.1 Å². The standard InChI is InChI=1S/C31H32N4O9/c1-42-25-12-9-20-14-22(35-31(41)43-17-19-5-3-2-4-6-19)28(37)33-23(16-27(32)36)29(38)34-24(30(39)40)13-18-7-10-21(11-8-18)44-26(25)15-20/h2-12,15,22-24H,13-14,16-17H2,1H3,(H2,32,36)(H,33,37)(H,34,38)(H,35,41)(H,39,40)/t22-,23-,24-/m0/s1. The second-order valence-corrected chi connectivity index (χ2v) is 10.0. The van der Waals surface area contributed by atoms with Gasteiger partial charge in [0, 0.05) is 12.8 Å². The molecule has 0 radical (unpaired) electrons. The lowest BCUT2D eigenvalue weighted by Crippen LogP contribution is -2.57. The molecule has 2 aliphatic heterocycles. The van der Waals surface area contributed by atoms with E-state index in [2.05, 4.69) is 16.0 Å². The lowest BCUT2D eigenvalue weighted by Gasteiger charge is -2.24. The molecule has 6 N–H and O–H groups in total. The van der Waals surface area contributed by atoms with Gasteiger partial charge in [0.25, 0.3) is 0 Å². The van der Waals surface area contributed by atoms with Gasteiger partial charge in [-0.25, -0.2) is 9.59 Å². The summed E-state index contributed by atoms with van der Waals surface area (Å²) in [6, 6.07) is 16.2. The van der Waals surface area contributed by atoms with E-state index in [0.29, 0.717) is 28.4 Å². The summed E-state index contributed by atoms with van der Waals surface area (Å²) in [6.45, 7) is -0.0660. The fourth-order valence-corrected chi connectivity index (χ4v) is 4.49. The SMILES string of the molecule is COc1ccc2cc1Oc1ccc(cc1)C[C@@H](C(=O)O)NC(=O)[C@H](CC(N)=O)NC(=O)[C@@H](NC(=O)OCc1ccccc1)C2. The van der Waals surface area contributed by atoms with Crippen molar-refractivity contribution in [3.63, 3.8) is 0 Å². The highest BCUT2D eigenvalue weighted by molar-refractivity contribution is 5.95. The lowest BCUT2D eigenvalue weighted by molar-refractivity contribution is -0.142. The van der Waals surface area contributed by atoms with Crippen molar-refractivity contribution in [1.82, 2.24) is 16.0 Å². The highest BCUT2D eigenvalue weighted by atomic mass is 16.5. The maximum atomic E-state index is 13.5. The van der Waals surface area contributed by atoms with Crippen molar-refractivity contribution >= 4 is 29.8 Å². The van der Waals surface area contributed by atoms with Gasteiger partial charge in [-0.3, -0.25) is 14.4 Å². The Bertz CT molecular complexity index is 1510. The molecular weight excluding hydrogens is 572 g/mol. The average Bonchev–Trinajstić information content (AvgIpc) is 3.00. The van der Waals surface area contributed by atoms with Crippen LogP contribution in [0.15, 0.2) is 72.8 Å². The summed E-state index contributed by atoms with van der Waals surface area (Å²) in [5.41, 5.74) is 7.18. The number of carbonyl (C=O) groups excluding carboxylic acids is 4. The number of benzene rings is 3. The zero-order valence-corrected chi connectivity index (χ0v) is 23.8. The number of rotatable bonds is 7. The molecule has 4 amide bonds. The number of primary amides is 1. The first-order valence-electron chi connectivity index (χ1n) is 13.6. The van der Waals surface area contributed by atoms with Crippen molar-refractivity contribution in [3.05, 3.63) is 89.5 Å². The summed E-state index contributed by atoms with van der Waals surface area (Å²) in [5.74, 6) is -2.89. The number of aliphatic carboxylic acids is 1. The first-order chi connectivity index (χ1) is 21.1. The number of alkyl carbamates (subject to hydrolysis) is 1. The van der Waals surface area contributed by atoms with Gasteiger partial charge < -0.3 is 41.0 Å². The molecular formula is C31H32N4O9. The highest BCUT2D eigenvalue weighted by Gasteiger charge is 2.31. The Balaban J connectivity index is 1.69. The zero-order valence-electron chi connectivity index (χ0n) is 23.8. The van der Waals surface area contributed by atoms with E-state index in [1.54, 1.807) is 66.7 Å². The fourth-order valence-electron chi connectivity index (χ4n) is 4.49. The molecule has 0 unspecified atom stereocenters. The summed E-state index contributed by atoms with van der Waals surface area (Å²) in [5, 5.41) is 17.1. The number of hydrogen-bond acceptors (Lipinski definition) is 8. The summed E-state index contributed by atoms with van der Waals surface area (Å²) >= 11 is 0. The van der Waals surface area contributed by atoms with Crippen LogP contribution in [0.4, 0.5) is 4.79 Å². The van der Waals surface area contributed by atoms with E-state index in [1.807, 2.05) is 6.07 Å². The van der Waals surface area contributed by atoms with Crippen LogP contribution in [0.5, 0.6) is 17.2 Å². The Morgan fingerprint density at radius 1 is 0.955 bits per heavy atom. The normalized spacial score (nSPS) is 18.5. The molecule has 44 heavy (non-hydrogen) atoms. The van der Waals surface area contributed by atoms with Gasteiger partial charge >= 0.3 is 12.1 Å². The van der Waals surface area contributed by atoms with Crippen molar-refractivity contribution < 1.29 is 43.3 Å². The van der Waals surface area contributed by atoms with Crippen LogP contribution in [0.1, 0.15) is 23.1 Å². The smallest absolute Gasteiger partial charge is 0.408 e. The van der Waals surface area contributed by atoms with Crippen molar-refractivity contribution in [2.24, 2.45) is 5.73 Å². The minimum absolute atomic E-state index is 0.0660. The number of nitrogens with two attached hydrogens (primary N) is 1. The van der Waals surface area contributed by atoms with E-state index in [0.717, 1.165) is 5.56 Å². The number of ether oxygens (including phenoxy) is 3. The molecule has 3 aromatic rings. The molecule has 0 spiro atoms. The largest absolute Gasteiger partial charge is 0.493 e. The number of carboxylic acids is 1. The number of fused-ring (bicyclic) bond motifs is 10. The van der Waals surface area contributed by atoms with E-state index < -0.39 is 54.3 Å². The van der Waals surface area contributed by atoms with E-state index in [-0.39, 0.29) is 19.4 Å². The monoisotopic (exact) mass is 604 g/mol. The van der Waals surface area contributed by atoms with Crippen molar-refractivity contribution in [3.8, 4) is 17.2 Å². The van der Waals surface area contributed by atoms with Gasteiger partial charge in [-0.15, -0.1) is 0 Å². The number of carboxylic acid groups (broad SMARTS) is 1. The molecule has 0 saturated heterocycles. The van der Waals surface area contributed by atoms with E-state index in [9.17, 15) is 29.1 Å². The summed E-state index contributed by atoms with van der Waals surface area (Å²) in [4.78, 5) is 63.3. The van der Waals surface area contributed by atoms with Crippen LogP contribution < -0.4 is 31.2 Å². The maximum absolute atomic E-state index is 13.5. The summed E-state index contributed by atoms with van der Waals surface area (Å²) in [7, 11) is 1.47. The first kappa shape index (κ1) is 31.3. The van der Waals surface area contributed by atoms with Crippen LogP contribution in [0.2, 0.25) is 0 Å². The minimum atomic E-state index is -1.53. The molecule has 2 heterocycles. The molecule has 3 atom stereocenters. The zero-order chi connectivity index (χ0) is 31.6. The molecule has 0 fully saturated rings. The van der Waals surface area contributed by atoms with Crippen LogP contribution in [0.3, 0.4) is 0 Å². The molecule has 13 heteroatoms. The van der Waals surface area contributed by atoms with Gasteiger partial charge in [-0.1, -0.05) is 48.5 Å². The first-order valence-corrected chi connectivity index (χ1v) is 13.6. The number of nitrogens with one attached hydrogen (secondary N) is 3. The molecule has 2 aliphatic rings. The fraction of sp³-hybridized carbons (Fsp3) is 0.258. The number of carbonyl (C=O) groups is 5. The quantitative estimate of drug-likeness (QED) is 0.267. The Morgan fingerprint density at radius 3 is 2.32 bits per heavy atom. The Labute approximate surface area is 252 Å². The number of amides is 4. The van der Waals surface area contributed by atoms with Gasteiger partial charge in [0.05, 0.1) is 13.5 Å². The van der Waals surface area contributed by atoms with Gasteiger partial charge in [-0.2, -0.15) is 0 Å². The van der Waals surface area contributed by atoms with E-state index in [4.69, 9.17) is 19.9 Å². The summed E-state index contributed by atoms with van der Waals surface area (Å²) < 4.78 is 16.8. The lowest BCUT2D eigenvalue weighted by atomic mass is 10.0. The number of methoxy groups -OCH3 is 1. The molecule has 5 rings (SSSR count). The maximum Gasteiger partial charge on any atom is 0.408 e. The van der Waals surface area contributed by atoms with Crippen molar-refractivity contribution in [1.29, 1.82) is 0 Å². The van der Waals surface area contributed by atoms with Crippen LogP contribution >= 0.6 is 0 Å². The molecule has 0 aromatic heterocycles. The third kappa shape index (κ3) is 8.71.